The van der Waals surface area contributed by atoms with Crippen LogP contribution in [0, 0.1) is 11.3 Å². The summed E-state index contributed by atoms with van der Waals surface area (Å²) in [5, 5.41) is 16.0. The van der Waals surface area contributed by atoms with Crippen molar-refractivity contribution in [1.29, 1.82) is 5.26 Å². The van der Waals surface area contributed by atoms with E-state index in [-0.39, 0.29) is 5.57 Å². The Morgan fingerprint density at radius 3 is 2.46 bits per heavy atom. The van der Waals surface area contributed by atoms with Crippen LogP contribution in [0.15, 0.2) is 60.3 Å². The number of rotatable bonds is 6. The molecule has 1 amide bonds. The van der Waals surface area contributed by atoms with Crippen LogP contribution in [0.4, 0.5) is 0 Å². The summed E-state index contributed by atoms with van der Waals surface area (Å²) in [4.78, 5) is 12.0. The highest BCUT2D eigenvalue weighted by Gasteiger charge is 2.08. The molecule has 0 unspecified atom stereocenters. The van der Waals surface area contributed by atoms with Gasteiger partial charge in [-0.1, -0.05) is 53.5 Å². The lowest BCUT2D eigenvalue weighted by Gasteiger charge is -2.06. The van der Waals surface area contributed by atoms with E-state index >= 15 is 0 Å². The lowest BCUT2D eigenvalue weighted by Crippen LogP contribution is -2.25. The molecule has 0 heterocycles. The van der Waals surface area contributed by atoms with Crippen LogP contribution in [0.3, 0.4) is 0 Å². The minimum absolute atomic E-state index is 0.00369. The fourth-order valence-electron chi connectivity index (χ4n) is 1.93. The number of carbonyl (C=O) groups excluding carboxylic acids is 1. The van der Waals surface area contributed by atoms with Gasteiger partial charge in [0.2, 0.25) is 0 Å². The van der Waals surface area contributed by atoms with Crippen LogP contribution in [-0.4, -0.2) is 5.91 Å². The minimum Gasteiger partial charge on any atom is -0.386 e. The second-order valence-electron chi connectivity index (χ2n) is 4.95. The van der Waals surface area contributed by atoms with Gasteiger partial charge in [-0.3, -0.25) is 4.79 Å². The molecule has 0 saturated carbocycles. The monoisotopic (exact) mass is 359 g/mol. The Balaban J connectivity index is 1.90. The molecule has 0 fully saturated rings. The van der Waals surface area contributed by atoms with Gasteiger partial charge in [-0.05, 0) is 29.3 Å². The van der Waals surface area contributed by atoms with E-state index in [1.165, 1.54) is 6.20 Å². The average molecular weight is 360 g/mol. The molecule has 0 aliphatic heterocycles. The fourth-order valence-corrected chi connectivity index (χ4v) is 2.26. The number of nitrogens with one attached hydrogen (secondary N) is 2. The van der Waals surface area contributed by atoms with E-state index < -0.39 is 5.91 Å². The quantitative estimate of drug-likeness (QED) is 0.608. The van der Waals surface area contributed by atoms with Gasteiger partial charge in [0.15, 0.2) is 0 Å². The zero-order chi connectivity index (χ0) is 17.4. The van der Waals surface area contributed by atoms with E-state index in [1.807, 2.05) is 36.4 Å². The molecule has 0 saturated heterocycles. The maximum Gasteiger partial charge on any atom is 0.263 e. The molecule has 4 nitrogen and oxygen atoms in total. The molecule has 0 radical (unpaired) electrons. The lowest BCUT2D eigenvalue weighted by molar-refractivity contribution is -0.117. The smallest absolute Gasteiger partial charge is 0.263 e. The van der Waals surface area contributed by atoms with Gasteiger partial charge in [0.1, 0.15) is 11.6 Å². The minimum atomic E-state index is -0.445. The first-order chi connectivity index (χ1) is 11.6. The van der Waals surface area contributed by atoms with Crippen LogP contribution >= 0.6 is 23.2 Å². The van der Waals surface area contributed by atoms with E-state index in [0.717, 1.165) is 11.1 Å². The summed E-state index contributed by atoms with van der Waals surface area (Å²) >= 11 is 11.9. The van der Waals surface area contributed by atoms with E-state index in [9.17, 15) is 4.79 Å². The van der Waals surface area contributed by atoms with E-state index in [4.69, 9.17) is 28.5 Å². The SMILES string of the molecule is N#C/C(=C/NCc1ccccc1Cl)C(=O)NCc1ccc(Cl)cc1. The number of hydrogen-bond donors (Lipinski definition) is 2. The van der Waals surface area contributed by atoms with Gasteiger partial charge in [0.25, 0.3) is 5.91 Å². The van der Waals surface area contributed by atoms with Crippen LogP contribution in [0.5, 0.6) is 0 Å². The topological polar surface area (TPSA) is 64.9 Å². The Morgan fingerprint density at radius 2 is 1.79 bits per heavy atom. The third-order valence-corrected chi connectivity index (χ3v) is 3.85. The van der Waals surface area contributed by atoms with Crippen molar-refractivity contribution >= 4 is 29.1 Å². The summed E-state index contributed by atoms with van der Waals surface area (Å²) in [6, 6.07) is 16.4. The Hall–Kier alpha value is -2.48. The zero-order valence-electron chi connectivity index (χ0n) is 12.7. The van der Waals surface area contributed by atoms with E-state index in [2.05, 4.69) is 10.6 Å². The Morgan fingerprint density at radius 1 is 1.08 bits per heavy atom. The third-order valence-electron chi connectivity index (χ3n) is 3.23. The molecule has 0 atom stereocenters. The van der Waals surface area contributed by atoms with Crippen LogP contribution in [0.25, 0.3) is 0 Å². The number of hydrogen-bond acceptors (Lipinski definition) is 3. The highest BCUT2D eigenvalue weighted by atomic mass is 35.5. The molecule has 2 aromatic carbocycles. The molecule has 122 valence electrons. The van der Waals surface area contributed by atoms with Crippen LogP contribution in [-0.2, 0) is 17.9 Å². The molecule has 0 aromatic heterocycles. The molecular formula is C18H15Cl2N3O. The van der Waals surface area contributed by atoms with Crippen molar-refractivity contribution in [2.24, 2.45) is 0 Å². The molecule has 2 aromatic rings. The summed E-state index contributed by atoms with van der Waals surface area (Å²) in [5.41, 5.74) is 1.78. The van der Waals surface area contributed by atoms with Gasteiger partial charge < -0.3 is 10.6 Å². The summed E-state index contributed by atoms with van der Waals surface area (Å²) < 4.78 is 0. The van der Waals surface area contributed by atoms with Gasteiger partial charge in [-0.15, -0.1) is 0 Å². The standard InChI is InChI=1S/C18H15Cl2N3O/c19-16-7-5-13(6-8-16)10-23-18(24)15(9-21)12-22-11-14-3-1-2-4-17(14)20/h1-8,12,22H,10-11H2,(H,23,24)/b15-12-. The fraction of sp³-hybridized carbons (Fsp3) is 0.111. The maximum atomic E-state index is 12.0. The predicted octanol–water partition coefficient (Wildman–Crippen LogP) is 3.81. The highest BCUT2D eigenvalue weighted by molar-refractivity contribution is 6.31. The summed E-state index contributed by atoms with van der Waals surface area (Å²) in [5.74, 6) is -0.445. The van der Waals surface area contributed by atoms with Crippen molar-refractivity contribution in [2.75, 3.05) is 0 Å². The van der Waals surface area contributed by atoms with Gasteiger partial charge >= 0.3 is 0 Å². The van der Waals surface area contributed by atoms with Crippen molar-refractivity contribution < 1.29 is 4.79 Å². The zero-order valence-corrected chi connectivity index (χ0v) is 14.2. The second-order valence-corrected chi connectivity index (χ2v) is 5.79. The number of nitriles is 1. The van der Waals surface area contributed by atoms with Crippen molar-refractivity contribution in [2.45, 2.75) is 13.1 Å². The van der Waals surface area contributed by atoms with Crippen LogP contribution < -0.4 is 10.6 Å². The summed E-state index contributed by atoms with van der Waals surface area (Å²) in [7, 11) is 0. The molecule has 2 N–H and O–H groups in total. The number of halogens is 2. The third kappa shape index (κ3) is 5.31. The molecule has 6 heteroatoms. The van der Waals surface area contributed by atoms with Gasteiger partial charge in [0, 0.05) is 29.3 Å². The molecule has 0 bridgehead atoms. The van der Waals surface area contributed by atoms with Crippen molar-refractivity contribution in [3.63, 3.8) is 0 Å². The summed E-state index contributed by atoms with van der Waals surface area (Å²) in [6.07, 6.45) is 1.39. The van der Waals surface area contributed by atoms with Crippen molar-refractivity contribution in [1.82, 2.24) is 10.6 Å². The van der Waals surface area contributed by atoms with E-state index in [0.29, 0.717) is 23.1 Å². The number of nitrogens with zero attached hydrogens (tertiary/aromatic N) is 1. The number of carbonyl (C=O) groups is 1. The first kappa shape index (κ1) is 17.9. The second kappa shape index (κ2) is 8.97. The van der Waals surface area contributed by atoms with Crippen LogP contribution in [0.1, 0.15) is 11.1 Å². The van der Waals surface area contributed by atoms with E-state index in [1.54, 1.807) is 18.2 Å². The molecule has 0 aliphatic carbocycles. The lowest BCUT2D eigenvalue weighted by atomic mass is 10.2. The predicted molar refractivity (Wildman–Crippen MR) is 95.3 cm³/mol. The van der Waals surface area contributed by atoms with Crippen LogP contribution in [0.2, 0.25) is 10.0 Å². The van der Waals surface area contributed by atoms with Crippen molar-refractivity contribution in [3.8, 4) is 6.07 Å². The van der Waals surface area contributed by atoms with Gasteiger partial charge in [0.05, 0.1) is 0 Å². The number of benzene rings is 2. The Kier molecular flexibility index (Phi) is 6.68. The Bertz CT molecular complexity index is 780. The largest absolute Gasteiger partial charge is 0.386 e. The van der Waals surface area contributed by atoms with Gasteiger partial charge in [-0.25, -0.2) is 0 Å². The summed E-state index contributed by atoms with van der Waals surface area (Å²) in [6.45, 7) is 0.745. The molecular weight excluding hydrogens is 345 g/mol. The average Bonchev–Trinajstić information content (AvgIpc) is 2.59. The number of amides is 1. The first-order valence-corrected chi connectivity index (χ1v) is 7.95. The van der Waals surface area contributed by atoms with Gasteiger partial charge in [-0.2, -0.15) is 5.26 Å². The normalized spacial score (nSPS) is 10.8. The first-order valence-electron chi connectivity index (χ1n) is 7.20. The maximum absolute atomic E-state index is 12.0. The van der Waals surface area contributed by atoms with Crippen molar-refractivity contribution in [3.05, 3.63) is 81.5 Å². The molecule has 0 spiro atoms. The Labute approximate surface area is 150 Å². The molecule has 24 heavy (non-hydrogen) atoms. The molecule has 0 aliphatic rings. The molecule has 2 rings (SSSR count). The highest BCUT2D eigenvalue weighted by Crippen LogP contribution is 2.14.